The lowest BCUT2D eigenvalue weighted by Crippen LogP contribution is -2.21. The predicted octanol–water partition coefficient (Wildman–Crippen LogP) is 2.52. The average molecular weight is 265 g/mol. The highest BCUT2D eigenvalue weighted by Crippen LogP contribution is 2.33. The van der Waals surface area contributed by atoms with Gasteiger partial charge in [-0.25, -0.2) is 4.98 Å². The van der Waals surface area contributed by atoms with Crippen LogP contribution in [-0.4, -0.2) is 25.8 Å². The summed E-state index contributed by atoms with van der Waals surface area (Å²) in [6.07, 6.45) is 5.70. The van der Waals surface area contributed by atoms with E-state index in [1.807, 2.05) is 25.6 Å². The molecule has 0 amide bonds. The number of nitrogens with zero attached hydrogens (tertiary/aromatic N) is 3. The lowest BCUT2D eigenvalue weighted by Gasteiger charge is -2.21. The summed E-state index contributed by atoms with van der Waals surface area (Å²) in [5.41, 5.74) is -0.292. The minimum atomic E-state index is -0.761. The largest absolute Gasteiger partial charge is 0.481 e. The van der Waals surface area contributed by atoms with Gasteiger partial charge in [0, 0.05) is 19.4 Å². The van der Waals surface area contributed by atoms with E-state index in [-0.39, 0.29) is 11.8 Å². The van der Waals surface area contributed by atoms with Crippen molar-refractivity contribution in [2.45, 2.75) is 58.3 Å². The Morgan fingerprint density at radius 2 is 2.05 bits per heavy atom. The van der Waals surface area contributed by atoms with E-state index < -0.39 is 5.97 Å². The summed E-state index contributed by atoms with van der Waals surface area (Å²) in [4.78, 5) is 15.5. The zero-order valence-corrected chi connectivity index (χ0v) is 12.0. The fourth-order valence-electron chi connectivity index (χ4n) is 2.85. The number of carbonyl (C=O) groups is 1. The van der Waals surface area contributed by atoms with Crippen molar-refractivity contribution in [2.75, 3.05) is 0 Å². The molecular weight excluding hydrogens is 242 g/mol. The Hall–Kier alpha value is -1.39. The van der Waals surface area contributed by atoms with Gasteiger partial charge < -0.3 is 5.11 Å². The van der Waals surface area contributed by atoms with Crippen LogP contribution in [0.25, 0.3) is 0 Å². The van der Waals surface area contributed by atoms with Gasteiger partial charge in [-0.3, -0.25) is 9.48 Å². The van der Waals surface area contributed by atoms with E-state index in [0.29, 0.717) is 12.3 Å². The number of hydrogen-bond acceptors (Lipinski definition) is 3. The first-order chi connectivity index (χ1) is 8.87. The summed E-state index contributed by atoms with van der Waals surface area (Å²) >= 11 is 0. The molecular formula is C14H23N3O2. The Bertz CT molecular complexity index is 459. The van der Waals surface area contributed by atoms with Crippen LogP contribution in [0.5, 0.6) is 0 Å². The molecule has 1 aromatic heterocycles. The molecule has 0 atom stereocenters. The molecule has 5 heteroatoms. The van der Waals surface area contributed by atoms with Crippen molar-refractivity contribution in [3.05, 3.63) is 11.6 Å². The molecule has 0 spiro atoms. The summed E-state index contributed by atoms with van der Waals surface area (Å²) in [6.45, 7) is 3.93. The van der Waals surface area contributed by atoms with Crippen LogP contribution in [0.3, 0.4) is 0 Å². The molecule has 1 aromatic rings. The van der Waals surface area contributed by atoms with Crippen LogP contribution < -0.4 is 0 Å². The van der Waals surface area contributed by atoms with E-state index in [0.717, 1.165) is 11.6 Å². The Balaban J connectivity index is 2.10. The highest BCUT2D eigenvalue weighted by atomic mass is 16.4. The molecule has 0 bridgehead atoms. The van der Waals surface area contributed by atoms with E-state index in [9.17, 15) is 4.79 Å². The number of aromatic nitrogens is 3. The molecule has 5 nitrogen and oxygen atoms in total. The van der Waals surface area contributed by atoms with Gasteiger partial charge in [0.1, 0.15) is 5.82 Å². The second kappa shape index (κ2) is 5.31. The van der Waals surface area contributed by atoms with Crippen LogP contribution in [0.4, 0.5) is 0 Å². The molecule has 0 unspecified atom stereocenters. The first-order valence-corrected chi connectivity index (χ1v) is 6.99. The first kappa shape index (κ1) is 14.0. The predicted molar refractivity (Wildman–Crippen MR) is 71.9 cm³/mol. The quantitative estimate of drug-likeness (QED) is 0.888. The summed E-state index contributed by atoms with van der Waals surface area (Å²) in [7, 11) is 1.90. The lowest BCUT2D eigenvalue weighted by atomic mass is 9.85. The van der Waals surface area contributed by atoms with Crippen molar-refractivity contribution in [2.24, 2.45) is 12.5 Å². The number of carboxylic acid groups (broad SMARTS) is 1. The minimum absolute atomic E-state index is 0.151. The van der Waals surface area contributed by atoms with Gasteiger partial charge in [-0.2, -0.15) is 5.10 Å². The SMILES string of the molecule is Cn1nc(C2CCCC2)nc1CC(C)(C)CC(=O)O. The van der Waals surface area contributed by atoms with E-state index in [1.165, 1.54) is 25.7 Å². The molecule has 106 valence electrons. The third kappa shape index (κ3) is 3.55. The molecule has 0 aromatic carbocycles. The Kier molecular flexibility index (Phi) is 3.92. The Morgan fingerprint density at radius 3 is 2.63 bits per heavy atom. The molecule has 1 aliphatic rings. The van der Waals surface area contributed by atoms with Gasteiger partial charge >= 0.3 is 5.97 Å². The van der Waals surface area contributed by atoms with Gasteiger partial charge in [0.25, 0.3) is 0 Å². The third-order valence-corrected chi connectivity index (χ3v) is 3.86. The summed E-state index contributed by atoms with van der Waals surface area (Å²) in [5.74, 6) is 1.58. The van der Waals surface area contributed by atoms with Crippen LogP contribution in [0, 0.1) is 5.41 Å². The molecule has 1 N–H and O–H groups in total. The summed E-state index contributed by atoms with van der Waals surface area (Å²) in [5, 5.41) is 13.4. The third-order valence-electron chi connectivity index (χ3n) is 3.86. The molecule has 1 heterocycles. The fourth-order valence-corrected chi connectivity index (χ4v) is 2.85. The molecule has 1 aliphatic carbocycles. The maximum Gasteiger partial charge on any atom is 0.303 e. The van der Waals surface area contributed by atoms with Crippen LogP contribution in [0.15, 0.2) is 0 Å². The normalized spacial score (nSPS) is 17.0. The maximum atomic E-state index is 10.9. The molecule has 0 aliphatic heterocycles. The van der Waals surface area contributed by atoms with E-state index in [2.05, 4.69) is 10.1 Å². The van der Waals surface area contributed by atoms with Crippen molar-refractivity contribution < 1.29 is 9.90 Å². The van der Waals surface area contributed by atoms with Gasteiger partial charge in [0.2, 0.25) is 0 Å². The topological polar surface area (TPSA) is 68.0 Å². The van der Waals surface area contributed by atoms with Gasteiger partial charge in [-0.1, -0.05) is 26.7 Å². The first-order valence-electron chi connectivity index (χ1n) is 6.99. The van der Waals surface area contributed by atoms with Crippen LogP contribution in [0.1, 0.15) is 63.5 Å². The number of aryl methyl sites for hydroxylation is 1. The second-order valence-corrected chi connectivity index (χ2v) is 6.40. The number of carboxylic acids is 1. The van der Waals surface area contributed by atoms with Gasteiger partial charge in [0.05, 0.1) is 6.42 Å². The molecule has 1 fully saturated rings. The van der Waals surface area contributed by atoms with Crippen molar-refractivity contribution >= 4 is 5.97 Å². The maximum absolute atomic E-state index is 10.9. The van der Waals surface area contributed by atoms with Crippen LogP contribution >= 0.6 is 0 Å². The highest BCUT2D eigenvalue weighted by Gasteiger charge is 2.27. The Morgan fingerprint density at radius 1 is 1.42 bits per heavy atom. The van der Waals surface area contributed by atoms with Gasteiger partial charge in [0.15, 0.2) is 5.82 Å². The Labute approximate surface area is 114 Å². The van der Waals surface area contributed by atoms with Crippen LogP contribution in [-0.2, 0) is 18.3 Å². The minimum Gasteiger partial charge on any atom is -0.481 e. The van der Waals surface area contributed by atoms with E-state index in [4.69, 9.17) is 5.11 Å². The average Bonchev–Trinajstić information content (AvgIpc) is 2.86. The van der Waals surface area contributed by atoms with Crippen molar-refractivity contribution in [1.82, 2.24) is 14.8 Å². The molecule has 0 radical (unpaired) electrons. The molecule has 1 saturated carbocycles. The van der Waals surface area contributed by atoms with Crippen molar-refractivity contribution in [1.29, 1.82) is 0 Å². The number of rotatable bonds is 5. The van der Waals surface area contributed by atoms with E-state index >= 15 is 0 Å². The fraction of sp³-hybridized carbons (Fsp3) is 0.786. The molecule has 0 saturated heterocycles. The highest BCUT2D eigenvalue weighted by molar-refractivity contribution is 5.67. The standard InChI is InChI=1S/C14H23N3O2/c1-14(2,9-12(18)19)8-11-15-13(16-17(11)3)10-6-4-5-7-10/h10H,4-9H2,1-3H3,(H,18,19). The van der Waals surface area contributed by atoms with E-state index in [1.54, 1.807) is 0 Å². The van der Waals surface area contributed by atoms with Gasteiger partial charge in [-0.15, -0.1) is 0 Å². The summed E-state index contributed by atoms with van der Waals surface area (Å²) < 4.78 is 1.82. The van der Waals surface area contributed by atoms with Crippen LogP contribution in [0.2, 0.25) is 0 Å². The zero-order chi connectivity index (χ0) is 14.0. The number of aliphatic carboxylic acids is 1. The van der Waals surface area contributed by atoms with Gasteiger partial charge in [-0.05, 0) is 18.3 Å². The molecule has 19 heavy (non-hydrogen) atoms. The lowest BCUT2D eigenvalue weighted by molar-refractivity contribution is -0.139. The molecule has 2 rings (SSSR count). The number of hydrogen-bond donors (Lipinski definition) is 1. The zero-order valence-electron chi connectivity index (χ0n) is 12.0. The van der Waals surface area contributed by atoms with Crippen molar-refractivity contribution in [3.8, 4) is 0 Å². The van der Waals surface area contributed by atoms with Crippen molar-refractivity contribution in [3.63, 3.8) is 0 Å². The summed E-state index contributed by atoms with van der Waals surface area (Å²) in [6, 6.07) is 0. The second-order valence-electron chi connectivity index (χ2n) is 6.40. The monoisotopic (exact) mass is 265 g/mol. The smallest absolute Gasteiger partial charge is 0.303 e.